The van der Waals surface area contributed by atoms with Crippen molar-refractivity contribution >= 4 is 17.9 Å². The lowest BCUT2D eigenvalue weighted by Gasteiger charge is -1.98. The molecule has 104 valence electrons. The molecular formula is C17H12FNO2. The number of esters is 1. The topological polar surface area (TPSA) is 38.7 Å². The van der Waals surface area contributed by atoms with Gasteiger partial charge < -0.3 is 4.74 Å². The minimum atomic E-state index is -0.481. The predicted octanol–water partition coefficient (Wildman–Crippen LogP) is 3.36. The molecule has 0 saturated carbocycles. The second-order valence-corrected chi connectivity index (χ2v) is 4.64. The summed E-state index contributed by atoms with van der Waals surface area (Å²) in [7, 11) is 0. The van der Waals surface area contributed by atoms with Crippen molar-refractivity contribution in [1.82, 2.24) is 0 Å². The zero-order chi connectivity index (χ0) is 14.7. The third-order valence-electron chi connectivity index (χ3n) is 3.04. The van der Waals surface area contributed by atoms with Crippen LogP contribution in [0.2, 0.25) is 0 Å². The van der Waals surface area contributed by atoms with E-state index >= 15 is 0 Å². The van der Waals surface area contributed by atoms with Crippen molar-refractivity contribution in [2.45, 2.75) is 6.42 Å². The van der Waals surface area contributed by atoms with Gasteiger partial charge in [0.05, 0.1) is 0 Å². The molecule has 2 aromatic rings. The molecule has 21 heavy (non-hydrogen) atoms. The highest BCUT2D eigenvalue weighted by Crippen LogP contribution is 2.17. The monoisotopic (exact) mass is 281 g/mol. The van der Waals surface area contributed by atoms with E-state index in [1.165, 1.54) is 12.1 Å². The van der Waals surface area contributed by atoms with Crippen LogP contribution in [0.4, 0.5) is 4.39 Å². The maximum Gasteiger partial charge on any atom is 0.363 e. The molecule has 4 heteroatoms. The van der Waals surface area contributed by atoms with E-state index in [1.807, 2.05) is 30.3 Å². The van der Waals surface area contributed by atoms with Crippen molar-refractivity contribution < 1.29 is 13.9 Å². The Hall–Kier alpha value is -2.75. The summed E-state index contributed by atoms with van der Waals surface area (Å²) in [6, 6.07) is 15.5. The Labute approximate surface area is 121 Å². The molecule has 0 aliphatic carbocycles. The summed E-state index contributed by atoms with van der Waals surface area (Å²) < 4.78 is 18.0. The second-order valence-electron chi connectivity index (χ2n) is 4.64. The molecule has 0 spiro atoms. The van der Waals surface area contributed by atoms with E-state index in [1.54, 1.807) is 18.2 Å². The first-order valence-corrected chi connectivity index (χ1v) is 6.52. The molecule has 0 N–H and O–H groups in total. The van der Waals surface area contributed by atoms with Gasteiger partial charge in [0, 0.05) is 6.42 Å². The fourth-order valence-corrected chi connectivity index (χ4v) is 2.02. The van der Waals surface area contributed by atoms with E-state index in [4.69, 9.17) is 4.74 Å². The lowest BCUT2D eigenvalue weighted by atomic mass is 10.1. The van der Waals surface area contributed by atoms with Crippen LogP contribution >= 0.6 is 0 Å². The summed E-state index contributed by atoms with van der Waals surface area (Å²) in [5.74, 6) is -0.427. The maximum absolute atomic E-state index is 12.8. The molecular weight excluding hydrogens is 269 g/mol. The quantitative estimate of drug-likeness (QED) is 0.639. The molecule has 1 aliphatic rings. The second kappa shape index (κ2) is 5.71. The fourth-order valence-electron chi connectivity index (χ4n) is 2.02. The smallest absolute Gasteiger partial charge is 0.363 e. The van der Waals surface area contributed by atoms with Crippen molar-refractivity contribution in [2.75, 3.05) is 0 Å². The summed E-state index contributed by atoms with van der Waals surface area (Å²) in [4.78, 5) is 16.0. The molecule has 3 nitrogen and oxygen atoms in total. The molecule has 0 atom stereocenters. The number of rotatable bonds is 3. The van der Waals surface area contributed by atoms with Crippen LogP contribution in [0, 0.1) is 5.82 Å². The molecule has 0 amide bonds. The standard InChI is InChI=1S/C17H12FNO2/c18-14-8-6-13(7-9-14)10-15-17(20)21-16(19-15)11-12-4-2-1-3-5-12/h1-10H,11H2/b15-10+. The zero-order valence-electron chi connectivity index (χ0n) is 11.1. The number of halogens is 1. The van der Waals surface area contributed by atoms with E-state index in [9.17, 15) is 9.18 Å². The highest BCUT2D eigenvalue weighted by atomic mass is 19.1. The molecule has 3 rings (SSSR count). The van der Waals surface area contributed by atoms with Gasteiger partial charge in [0.15, 0.2) is 5.70 Å². The van der Waals surface area contributed by atoms with Crippen LogP contribution in [0.15, 0.2) is 65.3 Å². The van der Waals surface area contributed by atoms with Gasteiger partial charge in [-0.05, 0) is 29.3 Å². The molecule has 2 aromatic carbocycles. The molecule has 0 aromatic heterocycles. The summed E-state index contributed by atoms with van der Waals surface area (Å²) in [5, 5.41) is 0. The lowest BCUT2D eigenvalue weighted by Crippen LogP contribution is -2.06. The SMILES string of the molecule is O=C1OC(Cc2ccccc2)=N/C1=C/c1ccc(F)cc1. The normalized spacial score (nSPS) is 16.0. The van der Waals surface area contributed by atoms with Crippen molar-refractivity contribution in [3.63, 3.8) is 0 Å². The first-order chi connectivity index (χ1) is 10.2. The Kier molecular flexibility index (Phi) is 3.60. The zero-order valence-corrected chi connectivity index (χ0v) is 11.1. The van der Waals surface area contributed by atoms with Crippen molar-refractivity contribution in [1.29, 1.82) is 0 Å². The summed E-state index contributed by atoms with van der Waals surface area (Å²) in [6.07, 6.45) is 2.05. The number of ether oxygens (including phenoxy) is 1. The van der Waals surface area contributed by atoms with Gasteiger partial charge in [-0.1, -0.05) is 42.5 Å². The Balaban J connectivity index is 1.80. The van der Waals surface area contributed by atoms with Gasteiger partial charge in [0.2, 0.25) is 5.90 Å². The van der Waals surface area contributed by atoms with Gasteiger partial charge in [-0.15, -0.1) is 0 Å². The van der Waals surface area contributed by atoms with Gasteiger partial charge >= 0.3 is 5.97 Å². The summed E-state index contributed by atoms with van der Waals surface area (Å²) >= 11 is 0. The first kappa shape index (κ1) is 13.2. The molecule has 0 unspecified atom stereocenters. The van der Waals surface area contributed by atoms with E-state index in [2.05, 4.69) is 4.99 Å². The number of carbonyl (C=O) groups excluding carboxylic acids is 1. The van der Waals surface area contributed by atoms with Crippen LogP contribution < -0.4 is 0 Å². The largest absolute Gasteiger partial charge is 0.406 e. The number of hydrogen-bond donors (Lipinski definition) is 0. The minimum absolute atomic E-state index is 0.229. The van der Waals surface area contributed by atoms with E-state index in [0.29, 0.717) is 17.9 Å². The van der Waals surface area contributed by atoms with E-state index in [0.717, 1.165) is 5.56 Å². The van der Waals surface area contributed by atoms with E-state index < -0.39 is 5.97 Å². The number of nitrogens with zero attached hydrogens (tertiary/aromatic N) is 1. The molecule has 0 radical (unpaired) electrons. The van der Waals surface area contributed by atoms with Gasteiger partial charge in [0.25, 0.3) is 0 Å². The molecule has 1 heterocycles. The van der Waals surface area contributed by atoms with Crippen LogP contribution in [0.3, 0.4) is 0 Å². The van der Waals surface area contributed by atoms with Crippen molar-refractivity contribution in [2.24, 2.45) is 4.99 Å². The highest BCUT2D eigenvalue weighted by molar-refractivity contribution is 6.07. The number of benzene rings is 2. The van der Waals surface area contributed by atoms with Crippen molar-refractivity contribution in [3.8, 4) is 0 Å². The van der Waals surface area contributed by atoms with Crippen LogP contribution in [-0.2, 0) is 16.0 Å². The third-order valence-corrected chi connectivity index (χ3v) is 3.04. The highest BCUT2D eigenvalue weighted by Gasteiger charge is 2.22. The third kappa shape index (κ3) is 3.23. The van der Waals surface area contributed by atoms with Gasteiger partial charge in [-0.25, -0.2) is 14.2 Å². The fraction of sp³-hybridized carbons (Fsp3) is 0.0588. The molecule has 0 bridgehead atoms. The average Bonchev–Trinajstić information content (AvgIpc) is 2.82. The van der Waals surface area contributed by atoms with Crippen LogP contribution in [0.1, 0.15) is 11.1 Å². The lowest BCUT2D eigenvalue weighted by molar-refractivity contribution is -0.130. The Morgan fingerprint density at radius 2 is 1.76 bits per heavy atom. The number of cyclic esters (lactones) is 1. The predicted molar refractivity (Wildman–Crippen MR) is 78.1 cm³/mol. The summed E-state index contributed by atoms with van der Waals surface area (Å²) in [6.45, 7) is 0. The average molecular weight is 281 g/mol. The molecule has 0 fully saturated rings. The molecule has 1 aliphatic heterocycles. The molecule has 0 saturated heterocycles. The van der Waals surface area contributed by atoms with E-state index in [-0.39, 0.29) is 11.5 Å². The van der Waals surface area contributed by atoms with Gasteiger partial charge in [-0.3, -0.25) is 0 Å². The Morgan fingerprint density at radius 1 is 1.05 bits per heavy atom. The van der Waals surface area contributed by atoms with Gasteiger partial charge in [0.1, 0.15) is 5.82 Å². The maximum atomic E-state index is 12.8. The first-order valence-electron chi connectivity index (χ1n) is 6.52. The van der Waals surface area contributed by atoms with Gasteiger partial charge in [-0.2, -0.15) is 0 Å². The van der Waals surface area contributed by atoms with Crippen molar-refractivity contribution in [3.05, 3.63) is 77.2 Å². The van der Waals surface area contributed by atoms with Crippen LogP contribution in [-0.4, -0.2) is 11.9 Å². The Bertz CT molecular complexity index is 718. The number of carbonyl (C=O) groups is 1. The number of aliphatic imine (C=N–C) groups is 1. The van der Waals surface area contributed by atoms with Crippen LogP contribution in [0.25, 0.3) is 6.08 Å². The van der Waals surface area contributed by atoms with Crippen LogP contribution in [0.5, 0.6) is 0 Å². The minimum Gasteiger partial charge on any atom is -0.406 e. The number of hydrogen-bond acceptors (Lipinski definition) is 3. The Morgan fingerprint density at radius 3 is 2.48 bits per heavy atom. The summed E-state index contributed by atoms with van der Waals surface area (Å²) in [5.41, 5.74) is 1.95.